The van der Waals surface area contributed by atoms with Crippen LogP contribution in [-0.2, 0) is 13.6 Å². The average molecular weight is 218 g/mol. The number of aromatic nitrogens is 4. The molecule has 0 amide bonds. The summed E-state index contributed by atoms with van der Waals surface area (Å²) in [5, 5.41) is 3.92. The molecule has 0 spiro atoms. The van der Waals surface area contributed by atoms with Crippen LogP contribution in [0.1, 0.15) is 21.7 Å². The summed E-state index contributed by atoms with van der Waals surface area (Å²) >= 11 is 0. The highest BCUT2D eigenvalue weighted by Gasteiger charge is 2.14. The molecule has 0 saturated heterocycles. The van der Waals surface area contributed by atoms with E-state index in [1.807, 2.05) is 31.5 Å². The van der Waals surface area contributed by atoms with Gasteiger partial charge in [0, 0.05) is 24.0 Å². The Bertz CT molecular complexity index is 510. The molecule has 84 valence electrons. The van der Waals surface area contributed by atoms with Crippen LogP contribution in [0.15, 0.2) is 18.7 Å². The van der Waals surface area contributed by atoms with Crippen LogP contribution in [0.25, 0.3) is 0 Å². The smallest absolute Gasteiger partial charge is 0.186 e. The third-order valence-corrected chi connectivity index (χ3v) is 2.85. The topological polar surface area (TPSA) is 52.7 Å². The van der Waals surface area contributed by atoms with Crippen LogP contribution in [0.2, 0.25) is 0 Å². The van der Waals surface area contributed by atoms with Crippen molar-refractivity contribution in [1.29, 1.82) is 0 Å². The van der Waals surface area contributed by atoms with Gasteiger partial charge in [-0.25, -0.2) is 9.67 Å². The fourth-order valence-electron chi connectivity index (χ4n) is 1.68. The van der Waals surface area contributed by atoms with Crippen LogP contribution in [0.5, 0.6) is 0 Å². The van der Waals surface area contributed by atoms with E-state index in [-0.39, 0.29) is 12.3 Å². The summed E-state index contributed by atoms with van der Waals surface area (Å²) in [6.45, 7) is 4.17. The maximum Gasteiger partial charge on any atom is 0.186 e. The Hall–Kier alpha value is -1.91. The maximum absolute atomic E-state index is 12.0. The second-order valence-electron chi connectivity index (χ2n) is 3.86. The van der Waals surface area contributed by atoms with E-state index in [1.54, 1.807) is 6.33 Å². The van der Waals surface area contributed by atoms with Gasteiger partial charge >= 0.3 is 0 Å². The molecule has 0 atom stereocenters. The highest BCUT2D eigenvalue weighted by atomic mass is 16.1. The molecule has 16 heavy (non-hydrogen) atoms. The molecule has 0 N–H and O–H groups in total. The SMILES string of the molecule is Cc1cc(C(=O)Cn2cncn2)c(C)n1C. The minimum absolute atomic E-state index is 0.0618. The van der Waals surface area contributed by atoms with Gasteiger partial charge in [-0.05, 0) is 19.9 Å². The van der Waals surface area contributed by atoms with Crippen LogP contribution in [0, 0.1) is 13.8 Å². The molecule has 0 aliphatic heterocycles. The Morgan fingerprint density at radius 1 is 1.44 bits per heavy atom. The van der Waals surface area contributed by atoms with Crippen molar-refractivity contribution in [2.75, 3.05) is 0 Å². The van der Waals surface area contributed by atoms with E-state index in [4.69, 9.17) is 0 Å². The largest absolute Gasteiger partial charge is 0.351 e. The number of Topliss-reactive ketones (excluding diaryl/α,β-unsaturated/α-hetero) is 1. The van der Waals surface area contributed by atoms with Crippen LogP contribution in [0.4, 0.5) is 0 Å². The molecule has 5 nitrogen and oxygen atoms in total. The minimum Gasteiger partial charge on any atom is -0.351 e. The second-order valence-corrected chi connectivity index (χ2v) is 3.86. The number of aryl methyl sites for hydroxylation is 1. The molecule has 2 aromatic rings. The van der Waals surface area contributed by atoms with Crippen molar-refractivity contribution in [3.63, 3.8) is 0 Å². The predicted octanol–water partition coefficient (Wildman–Crippen LogP) is 1.12. The van der Waals surface area contributed by atoms with Crippen molar-refractivity contribution in [3.8, 4) is 0 Å². The van der Waals surface area contributed by atoms with E-state index in [9.17, 15) is 4.79 Å². The van der Waals surface area contributed by atoms with E-state index < -0.39 is 0 Å². The van der Waals surface area contributed by atoms with Gasteiger partial charge < -0.3 is 4.57 Å². The van der Waals surface area contributed by atoms with Gasteiger partial charge in [0.1, 0.15) is 19.2 Å². The summed E-state index contributed by atoms with van der Waals surface area (Å²) < 4.78 is 3.54. The number of carbonyl (C=O) groups is 1. The van der Waals surface area contributed by atoms with Crippen molar-refractivity contribution in [3.05, 3.63) is 35.7 Å². The van der Waals surface area contributed by atoms with E-state index in [0.29, 0.717) is 0 Å². The third-order valence-electron chi connectivity index (χ3n) is 2.85. The molecule has 0 aliphatic rings. The molecule has 0 radical (unpaired) electrons. The van der Waals surface area contributed by atoms with Crippen LogP contribution in [-0.4, -0.2) is 25.1 Å². The Morgan fingerprint density at radius 3 is 2.69 bits per heavy atom. The fourth-order valence-corrected chi connectivity index (χ4v) is 1.68. The Balaban J connectivity index is 2.24. The third kappa shape index (κ3) is 1.76. The molecule has 0 aliphatic carbocycles. The van der Waals surface area contributed by atoms with Crippen molar-refractivity contribution >= 4 is 5.78 Å². The quantitative estimate of drug-likeness (QED) is 0.725. The van der Waals surface area contributed by atoms with Crippen molar-refractivity contribution in [1.82, 2.24) is 19.3 Å². The summed E-state index contributed by atoms with van der Waals surface area (Å²) in [5.41, 5.74) is 2.83. The maximum atomic E-state index is 12.0. The van der Waals surface area contributed by atoms with Gasteiger partial charge in [0.25, 0.3) is 0 Å². The van der Waals surface area contributed by atoms with E-state index in [1.165, 1.54) is 11.0 Å². The molecule has 2 rings (SSSR count). The van der Waals surface area contributed by atoms with Crippen molar-refractivity contribution < 1.29 is 4.79 Å². The first-order valence-corrected chi connectivity index (χ1v) is 5.08. The zero-order valence-electron chi connectivity index (χ0n) is 9.64. The van der Waals surface area contributed by atoms with Gasteiger partial charge in [-0.1, -0.05) is 0 Å². The van der Waals surface area contributed by atoms with Crippen LogP contribution >= 0.6 is 0 Å². The van der Waals surface area contributed by atoms with Crippen molar-refractivity contribution in [2.45, 2.75) is 20.4 Å². The second kappa shape index (κ2) is 3.92. The number of carbonyl (C=O) groups excluding carboxylic acids is 1. The predicted molar refractivity (Wildman–Crippen MR) is 59.2 cm³/mol. The van der Waals surface area contributed by atoms with Crippen molar-refractivity contribution in [2.24, 2.45) is 7.05 Å². The first kappa shape index (κ1) is 10.6. The monoisotopic (exact) mass is 218 g/mol. The Kier molecular flexibility index (Phi) is 2.60. The number of ketones is 1. The molecule has 0 bridgehead atoms. The average Bonchev–Trinajstić information content (AvgIpc) is 2.83. The molecule has 0 aromatic carbocycles. The lowest BCUT2D eigenvalue weighted by molar-refractivity contribution is 0.0967. The Labute approximate surface area is 93.7 Å². The molecule has 0 unspecified atom stereocenters. The van der Waals surface area contributed by atoms with Crippen LogP contribution < -0.4 is 0 Å². The summed E-state index contributed by atoms with van der Waals surface area (Å²) in [5.74, 6) is 0.0618. The zero-order chi connectivity index (χ0) is 11.7. The molecular formula is C11H14N4O. The van der Waals surface area contributed by atoms with E-state index in [0.717, 1.165) is 17.0 Å². The summed E-state index contributed by atoms with van der Waals surface area (Å²) in [6.07, 6.45) is 2.97. The molecule has 0 fully saturated rings. The number of hydrogen-bond donors (Lipinski definition) is 0. The summed E-state index contributed by atoms with van der Waals surface area (Å²) in [6, 6.07) is 1.91. The molecule has 2 aromatic heterocycles. The van der Waals surface area contributed by atoms with Gasteiger partial charge in [0.2, 0.25) is 0 Å². The lowest BCUT2D eigenvalue weighted by Gasteiger charge is -2.02. The highest BCUT2D eigenvalue weighted by Crippen LogP contribution is 2.14. The zero-order valence-corrected chi connectivity index (χ0v) is 9.64. The summed E-state index contributed by atoms with van der Waals surface area (Å²) in [7, 11) is 1.96. The number of hydrogen-bond acceptors (Lipinski definition) is 3. The van der Waals surface area contributed by atoms with Gasteiger partial charge in [0.15, 0.2) is 5.78 Å². The first-order valence-electron chi connectivity index (χ1n) is 5.08. The molecule has 5 heteroatoms. The minimum atomic E-state index is 0.0618. The fraction of sp³-hybridized carbons (Fsp3) is 0.364. The van der Waals surface area contributed by atoms with E-state index in [2.05, 4.69) is 10.1 Å². The van der Waals surface area contributed by atoms with Gasteiger partial charge in [-0.15, -0.1) is 0 Å². The first-order chi connectivity index (χ1) is 7.59. The number of nitrogens with zero attached hydrogens (tertiary/aromatic N) is 4. The van der Waals surface area contributed by atoms with Gasteiger partial charge in [-0.3, -0.25) is 4.79 Å². The summed E-state index contributed by atoms with van der Waals surface area (Å²) in [4.78, 5) is 15.8. The standard InChI is InChI=1S/C11H14N4O/c1-8-4-10(9(2)14(8)3)11(16)5-15-7-12-6-13-15/h4,6-7H,5H2,1-3H3. The normalized spacial score (nSPS) is 10.7. The Morgan fingerprint density at radius 2 is 2.19 bits per heavy atom. The van der Waals surface area contributed by atoms with Gasteiger partial charge in [-0.2, -0.15) is 5.10 Å². The van der Waals surface area contributed by atoms with E-state index >= 15 is 0 Å². The molecular weight excluding hydrogens is 204 g/mol. The molecule has 2 heterocycles. The van der Waals surface area contributed by atoms with Crippen LogP contribution in [0.3, 0.4) is 0 Å². The lowest BCUT2D eigenvalue weighted by Crippen LogP contribution is -2.11. The number of rotatable bonds is 3. The van der Waals surface area contributed by atoms with Gasteiger partial charge in [0.05, 0.1) is 0 Å². The lowest BCUT2D eigenvalue weighted by atomic mass is 10.1. The highest BCUT2D eigenvalue weighted by molar-refractivity contribution is 5.97. The molecule has 0 saturated carbocycles.